The molecule has 150 valence electrons. The van der Waals surface area contributed by atoms with E-state index >= 15 is 0 Å². The summed E-state index contributed by atoms with van der Waals surface area (Å²) in [6.07, 6.45) is 0. The molecule has 0 saturated carbocycles. The fraction of sp³-hybridized carbons (Fsp3) is 0.167. The van der Waals surface area contributed by atoms with E-state index in [0.29, 0.717) is 33.1 Å². The molecule has 0 saturated heterocycles. The number of carbonyl (C=O) groups excluding carboxylic acids is 2. The van der Waals surface area contributed by atoms with Crippen LogP contribution in [0.1, 0.15) is 43.0 Å². The summed E-state index contributed by atoms with van der Waals surface area (Å²) in [5, 5.41) is 0.475. The molecule has 3 aromatic carbocycles. The summed E-state index contributed by atoms with van der Waals surface area (Å²) in [4.78, 5) is 38.0. The number of benzene rings is 3. The van der Waals surface area contributed by atoms with E-state index in [1.54, 1.807) is 43.3 Å². The number of carbonyl (C=O) groups is 2. The molecule has 0 bridgehead atoms. The fourth-order valence-electron chi connectivity index (χ4n) is 3.79. The normalized spacial score (nSPS) is 11.9. The van der Waals surface area contributed by atoms with Gasteiger partial charge in [-0.25, -0.2) is 0 Å². The third-order valence-corrected chi connectivity index (χ3v) is 7.80. The van der Waals surface area contributed by atoms with Gasteiger partial charge in [0.2, 0.25) is 0 Å². The minimum absolute atomic E-state index is 0.142. The van der Waals surface area contributed by atoms with Crippen LogP contribution in [-0.2, 0) is 4.52 Å². The summed E-state index contributed by atoms with van der Waals surface area (Å²) >= 11 is 0. The second-order valence-corrected chi connectivity index (χ2v) is 9.85. The molecule has 1 N–H and O–H groups in total. The topological polar surface area (TPSA) is 63.6 Å². The van der Waals surface area contributed by atoms with Crippen LogP contribution in [0.15, 0.2) is 66.7 Å². The van der Waals surface area contributed by atoms with E-state index in [0.717, 1.165) is 5.56 Å². The molecule has 0 aromatic heterocycles. The van der Waals surface area contributed by atoms with E-state index in [2.05, 4.69) is 0 Å². The molecule has 5 heteroatoms. The van der Waals surface area contributed by atoms with Gasteiger partial charge in [0.05, 0.1) is 0 Å². The van der Waals surface area contributed by atoms with Gasteiger partial charge in [0, 0.05) is 0 Å². The second kappa shape index (κ2) is 8.38. The molecule has 0 heterocycles. The number of rotatable bonds is 6. The fourth-order valence-corrected chi connectivity index (χ4v) is 5.84. The molecule has 0 unspecified atom stereocenters. The second-order valence-electron chi connectivity index (χ2n) is 7.12. The van der Waals surface area contributed by atoms with E-state index in [-0.39, 0.29) is 5.78 Å². The molecule has 3 aromatic rings. The Balaban J connectivity index is 2.18. The third kappa shape index (κ3) is 3.79. The molecule has 0 amide bonds. The van der Waals surface area contributed by atoms with Crippen molar-refractivity contribution < 1.29 is 19.0 Å². The van der Waals surface area contributed by atoms with Crippen LogP contribution in [-0.4, -0.2) is 23.3 Å². The first-order chi connectivity index (χ1) is 13.8. The van der Waals surface area contributed by atoms with E-state index in [4.69, 9.17) is 4.52 Å². The van der Waals surface area contributed by atoms with Crippen molar-refractivity contribution in [2.45, 2.75) is 20.8 Å². The number of ketones is 1. The molecule has 0 spiro atoms. The Kier molecular flexibility index (Phi) is 6.09. The monoisotopic (exact) mass is 408 g/mol. The first-order valence-electron chi connectivity index (χ1n) is 9.39. The van der Waals surface area contributed by atoms with Crippen LogP contribution in [0.5, 0.6) is 0 Å². The van der Waals surface area contributed by atoms with Crippen LogP contribution in [0, 0.1) is 20.8 Å². The molecule has 0 aliphatic carbocycles. The van der Waals surface area contributed by atoms with Crippen molar-refractivity contribution >= 4 is 24.3 Å². The van der Waals surface area contributed by atoms with Crippen LogP contribution in [0.3, 0.4) is 0 Å². The number of aryl methyl sites for hydroxylation is 2. The zero-order valence-corrected chi connectivity index (χ0v) is 18.0. The van der Waals surface area contributed by atoms with Crippen LogP contribution >= 0.6 is 7.72 Å². The van der Waals surface area contributed by atoms with Crippen LogP contribution in [0.2, 0.25) is 0 Å². The van der Waals surface area contributed by atoms with Gasteiger partial charge in [-0.3, -0.25) is 0 Å². The first-order valence-corrected chi connectivity index (χ1v) is 11.2. The van der Waals surface area contributed by atoms with Gasteiger partial charge in [0.1, 0.15) is 0 Å². The van der Waals surface area contributed by atoms with Crippen molar-refractivity contribution in [3.05, 3.63) is 100 Å². The molecule has 3 rings (SSSR count). The van der Waals surface area contributed by atoms with Gasteiger partial charge in [0.25, 0.3) is 0 Å². The predicted molar refractivity (Wildman–Crippen MR) is 118 cm³/mol. The van der Waals surface area contributed by atoms with Crippen LogP contribution < -0.4 is 5.30 Å². The average Bonchev–Trinajstić information content (AvgIpc) is 2.73. The third-order valence-electron chi connectivity index (χ3n) is 5.23. The van der Waals surface area contributed by atoms with Crippen molar-refractivity contribution in [3.63, 3.8) is 0 Å². The number of hydrogen-bond donors (Lipinski definition) is 1. The quantitative estimate of drug-likeness (QED) is 0.481. The van der Waals surface area contributed by atoms with Crippen LogP contribution in [0.4, 0.5) is 0 Å². The zero-order valence-electron chi connectivity index (χ0n) is 17.0. The minimum atomic E-state index is -3.91. The maximum absolute atomic E-state index is 13.5. The van der Waals surface area contributed by atoms with Crippen molar-refractivity contribution in [1.29, 1.82) is 0 Å². The Morgan fingerprint density at radius 2 is 1.34 bits per heavy atom. The van der Waals surface area contributed by atoms with Gasteiger partial charge in [0.15, 0.2) is 0 Å². The summed E-state index contributed by atoms with van der Waals surface area (Å²) in [7, 11) is -2.56. The van der Waals surface area contributed by atoms with Gasteiger partial charge >= 0.3 is 171 Å². The SMILES string of the molecule is CO[PH](O)(C(=O)c1c(C)cc(C)c(C(=O)c2ccccc2)c1C)c1ccccc1. The predicted octanol–water partition coefficient (Wildman–Crippen LogP) is 4.53. The van der Waals surface area contributed by atoms with Gasteiger partial charge in [-0.1, -0.05) is 0 Å². The standard InChI is InChI=1S/C24H25O4P/c1-16-15-17(2)22(18(3)21(16)23(25)19-11-7-5-8-12-19)24(26)29(27,28-4)20-13-9-6-10-14-20/h5-15,27,29H,1-4H3. The van der Waals surface area contributed by atoms with Crippen molar-refractivity contribution in [2.75, 3.05) is 7.11 Å². The Hall–Kier alpha value is -2.65. The van der Waals surface area contributed by atoms with Gasteiger partial charge < -0.3 is 0 Å². The molecule has 0 atom stereocenters. The summed E-state index contributed by atoms with van der Waals surface area (Å²) < 4.78 is 5.43. The average molecular weight is 408 g/mol. The van der Waals surface area contributed by atoms with Crippen LogP contribution in [0.25, 0.3) is 0 Å². The number of hydrogen-bond acceptors (Lipinski definition) is 4. The van der Waals surface area contributed by atoms with E-state index in [9.17, 15) is 14.5 Å². The molecular formula is C24H25O4P. The first kappa shape index (κ1) is 21.1. The molecule has 0 aliphatic rings. The van der Waals surface area contributed by atoms with Gasteiger partial charge in [-0.2, -0.15) is 0 Å². The van der Waals surface area contributed by atoms with Gasteiger partial charge in [-0.15, -0.1) is 0 Å². The van der Waals surface area contributed by atoms with Crippen molar-refractivity contribution in [1.82, 2.24) is 0 Å². The van der Waals surface area contributed by atoms with Gasteiger partial charge in [-0.05, 0) is 0 Å². The molecule has 0 radical (unpaired) electrons. The van der Waals surface area contributed by atoms with Crippen molar-refractivity contribution in [2.24, 2.45) is 0 Å². The zero-order chi connectivity index (χ0) is 21.2. The molecule has 0 fully saturated rings. The Bertz CT molecular complexity index is 1060. The Morgan fingerprint density at radius 1 is 0.828 bits per heavy atom. The van der Waals surface area contributed by atoms with E-state index in [1.807, 2.05) is 44.2 Å². The Morgan fingerprint density at radius 3 is 1.90 bits per heavy atom. The molecule has 4 nitrogen and oxygen atoms in total. The Labute approximate surface area is 171 Å². The maximum atomic E-state index is 13.5. The summed E-state index contributed by atoms with van der Waals surface area (Å²) in [5.41, 5.74) is 3.04. The summed E-state index contributed by atoms with van der Waals surface area (Å²) in [6, 6.07) is 19.5. The molecular weight excluding hydrogens is 383 g/mol. The van der Waals surface area contributed by atoms with E-state index < -0.39 is 13.2 Å². The molecule has 29 heavy (non-hydrogen) atoms. The summed E-state index contributed by atoms with van der Waals surface area (Å²) in [6.45, 7) is 5.44. The van der Waals surface area contributed by atoms with E-state index in [1.165, 1.54) is 7.11 Å². The van der Waals surface area contributed by atoms with Crippen molar-refractivity contribution in [3.8, 4) is 0 Å². The molecule has 0 aliphatic heterocycles. The summed E-state index contributed by atoms with van der Waals surface area (Å²) in [5.74, 6) is -0.142.